The second-order valence-corrected chi connectivity index (χ2v) is 15.9. The van der Waals surface area contributed by atoms with Gasteiger partial charge in [-0.2, -0.15) is 0 Å². The molecule has 0 unspecified atom stereocenters. The highest BCUT2D eigenvalue weighted by molar-refractivity contribution is 5.92. The number of carboxylic acid groups (broad SMARTS) is 2. The Morgan fingerprint density at radius 2 is 0.580 bits per heavy atom. The van der Waals surface area contributed by atoms with Gasteiger partial charge in [-0.25, -0.2) is 9.59 Å². The average Bonchev–Trinajstić information content (AvgIpc) is 2.94. The maximum absolute atomic E-state index is 12.5. The number of aliphatic carboxylic acids is 2. The zero-order valence-electron chi connectivity index (χ0n) is 32.7. The maximum Gasteiger partial charge on any atom is 0.326 e. The van der Waals surface area contributed by atoms with Crippen molar-refractivity contribution in [3.05, 3.63) is 0 Å². The van der Waals surface area contributed by atoms with Crippen LogP contribution in [0.4, 0.5) is 0 Å². The number of rotatable bonds is 22. The van der Waals surface area contributed by atoms with Crippen molar-refractivity contribution in [3.8, 4) is 0 Å². The summed E-state index contributed by atoms with van der Waals surface area (Å²) in [6.07, 6.45) is 2.53. The number of nitrogens with two attached hydrogens (primary N) is 2. The molecule has 50 heavy (non-hydrogen) atoms. The molecule has 4 amide bonds. The van der Waals surface area contributed by atoms with Crippen LogP contribution in [0.15, 0.2) is 0 Å². The normalized spacial score (nSPS) is 15.1. The van der Waals surface area contributed by atoms with Crippen LogP contribution in [-0.4, -0.2) is 82.0 Å². The molecule has 0 spiro atoms. The largest absolute Gasteiger partial charge is 0.480 e. The van der Waals surface area contributed by atoms with Crippen LogP contribution in [0.25, 0.3) is 0 Å². The van der Waals surface area contributed by atoms with Crippen LogP contribution in [0.1, 0.15) is 122 Å². The molecule has 0 radical (unpaired) electrons. The first-order valence-electron chi connectivity index (χ1n) is 18.1. The summed E-state index contributed by atoms with van der Waals surface area (Å²) in [5.74, 6) is -2.79. The lowest BCUT2D eigenvalue weighted by molar-refractivity contribution is -0.143. The van der Waals surface area contributed by atoms with Crippen molar-refractivity contribution >= 4 is 35.6 Å². The van der Waals surface area contributed by atoms with Crippen molar-refractivity contribution in [3.63, 3.8) is 0 Å². The molecule has 6 atom stereocenters. The topological polar surface area (TPSA) is 243 Å². The van der Waals surface area contributed by atoms with E-state index in [0.29, 0.717) is 38.5 Å². The molecule has 0 rings (SSSR count). The van der Waals surface area contributed by atoms with Gasteiger partial charge < -0.3 is 42.9 Å². The molecule has 292 valence electrons. The second kappa shape index (κ2) is 24.8. The summed E-state index contributed by atoms with van der Waals surface area (Å²) in [5.41, 5.74) is 11.7. The van der Waals surface area contributed by atoms with Gasteiger partial charge in [-0.05, 0) is 74.0 Å². The molecule has 0 bridgehead atoms. The number of carboxylic acids is 2. The van der Waals surface area contributed by atoms with Crippen LogP contribution < -0.4 is 32.7 Å². The van der Waals surface area contributed by atoms with E-state index >= 15 is 0 Å². The molecule has 0 aromatic carbocycles. The number of carbonyl (C=O) groups excluding carboxylic acids is 4. The highest BCUT2D eigenvalue weighted by Crippen LogP contribution is 2.12. The van der Waals surface area contributed by atoms with Crippen molar-refractivity contribution in [1.82, 2.24) is 21.3 Å². The molecule has 0 fully saturated rings. The molecule has 0 aromatic rings. The van der Waals surface area contributed by atoms with Crippen molar-refractivity contribution in [2.45, 2.75) is 158 Å². The molecular weight excluding hydrogens is 644 g/mol. The van der Waals surface area contributed by atoms with Gasteiger partial charge in [0.1, 0.15) is 24.2 Å². The SMILES string of the molecule is CC(C)C[C@@H](N)C(=O)N[C@@H](CC(C)C)C(=O)N[C@@H](CC(C)C)C(=O)O.CC(C)C[C@H](N)C(=O)N[C@H](CC(C)C)C(=O)N[C@H](CC(C)C)C(=O)O. The summed E-state index contributed by atoms with van der Waals surface area (Å²) >= 11 is 0. The predicted molar refractivity (Wildman–Crippen MR) is 196 cm³/mol. The summed E-state index contributed by atoms with van der Waals surface area (Å²) in [6, 6.07) is -4.90. The molecule has 0 aliphatic rings. The van der Waals surface area contributed by atoms with Gasteiger partial charge in [-0.1, -0.05) is 83.1 Å². The van der Waals surface area contributed by atoms with Gasteiger partial charge in [0.15, 0.2) is 0 Å². The Morgan fingerprint density at radius 1 is 0.380 bits per heavy atom. The standard InChI is InChI=1S/2C18H35N3O4/c2*1-10(2)7-13(19)16(22)20-14(8-11(3)4)17(23)21-15(18(24)25)9-12(5)6/h2*10-15H,7-9,19H2,1-6H3,(H,20,22)(H,21,23)(H,24,25)/t2*13-,14+,15+/m10/s1. The Bertz CT molecular complexity index is 981. The molecule has 0 heterocycles. The third-order valence-corrected chi connectivity index (χ3v) is 7.45. The highest BCUT2D eigenvalue weighted by atomic mass is 16.4. The molecule has 0 saturated heterocycles. The fourth-order valence-electron chi connectivity index (χ4n) is 5.12. The first-order valence-corrected chi connectivity index (χ1v) is 18.1. The molecule has 0 saturated carbocycles. The van der Waals surface area contributed by atoms with E-state index in [1.165, 1.54) is 0 Å². The van der Waals surface area contributed by atoms with Crippen molar-refractivity contribution < 1.29 is 39.0 Å². The minimum Gasteiger partial charge on any atom is -0.480 e. The Hall–Kier alpha value is -3.26. The number of hydrogen-bond donors (Lipinski definition) is 8. The van der Waals surface area contributed by atoms with Crippen LogP contribution in [0.3, 0.4) is 0 Å². The molecule has 14 heteroatoms. The van der Waals surface area contributed by atoms with E-state index in [9.17, 15) is 39.0 Å². The van der Waals surface area contributed by atoms with E-state index in [1.807, 2.05) is 83.1 Å². The second-order valence-electron chi connectivity index (χ2n) is 15.9. The first-order chi connectivity index (χ1) is 22.9. The van der Waals surface area contributed by atoms with Crippen molar-refractivity contribution in [2.24, 2.45) is 47.0 Å². The first kappa shape index (κ1) is 48.9. The van der Waals surface area contributed by atoms with E-state index in [1.54, 1.807) is 0 Å². The third kappa shape index (κ3) is 23.2. The predicted octanol–water partition coefficient (Wildman–Crippen LogP) is 3.01. The quantitative estimate of drug-likeness (QED) is 0.0815. The zero-order chi connectivity index (χ0) is 39.5. The zero-order valence-corrected chi connectivity index (χ0v) is 32.7. The lowest BCUT2D eigenvalue weighted by Gasteiger charge is -2.25. The Balaban J connectivity index is 0. The van der Waals surface area contributed by atoms with Crippen LogP contribution in [0.2, 0.25) is 0 Å². The van der Waals surface area contributed by atoms with E-state index in [4.69, 9.17) is 11.5 Å². The monoisotopic (exact) mass is 715 g/mol. The molecule has 0 aromatic heterocycles. The van der Waals surface area contributed by atoms with Crippen molar-refractivity contribution in [2.75, 3.05) is 0 Å². The van der Waals surface area contributed by atoms with Gasteiger partial charge in [0.25, 0.3) is 0 Å². The van der Waals surface area contributed by atoms with Gasteiger partial charge in [0.05, 0.1) is 12.1 Å². The lowest BCUT2D eigenvalue weighted by Crippen LogP contribution is -2.55. The molecule has 10 N–H and O–H groups in total. The molecule has 0 aliphatic carbocycles. The minimum atomic E-state index is -1.08. The summed E-state index contributed by atoms with van der Waals surface area (Å²) in [6.45, 7) is 23.2. The summed E-state index contributed by atoms with van der Waals surface area (Å²) in [7, 11) is 0. The Morgan fingerprint density at radius 3 is 0.780 bits per heavy atom. The van der Waals surface area contributed by atoms with E-state index in [-0.39, 0.29) is 47.3 Å². The van der Waals surface area contributed by atoms with Crippen LogP contribution in [0.5, 0.6) is 0 Å². The fraction of sp³-hybridized carbons (Fsp3) is 0.833. The Labute approximate surface area is 300 Å². The number of carbonyl (C=O) groups is 6. The summed E-state index contributed by atoms with van der Waals surface area (Å²) < 4.78 is 0. The maximum atomic E-state index is 12.5. The summed E-state index contributed by atoms with van der Waals surface area (Å²) in [5, 5.41) is 29.0. The van der Waals surface area contributed by atoms with Crippen molar-refractivity contribution in [1.29, 1.82) is 0 Å². The van der Waals surface area contributed by atoms with Gasteiger partial charge in [-0.15, -0.1) is 0 Å². The van der Waals surface area contributed by atoms with E-state index in [0.717, 1.165) is 0 Å². The van der Waals surface area contributed by atoms with Crippen LogP contribution in [0, 0.1) is 35.5 Å². The van der Waals surface area contributed by atoms with Gasteiger partial charge >= 0.3 is 11.9 Å². The molecular formula is C36H70N6O8. The molecule has 0 aliphatic heterocycles. The minimum absolute atomic E-state index is 0.124. The van der Waals surface area contributed by atoms with Gasteiger partial charge in [0, 0.05) is 0 Å². The Kier molecular flexibility index (Phi) is 24.2. The van der Waals surface area contributed by atoms with Crippen LogP contribution >= 0.6 is 0 Å². The summed E-state index contributed by atoms with van der Waals surface area (Å²) in [4.78, 5) is 72.2. The highest BCUT2D eigenvalue weighted by Gasteiger charge is 2.30. The number of amides is 4. The number of hydrogen-bond acceptors (Lipinski definition) is 8. The smallest absolute Gasteiger partial charge is 0.326 e. The van der Waals surface area contributed by atoms with E-state index in [2.05, 4.69) is 21.3 Å². The van der Waals surface area contributed by atoms with Gasteiger partial charge in [0.2, 0.25) is 23.6 Å². The number of nitrogens with one attached hydrogen (secondary N) is 4. The third-order valence-electron chi connectivity index (χ3n) is 7.45. The lowest BCUT2D eigenvalue weighted by atomic mass is 9.99. The van der Waals surface area contributed by atoms with E-state index < -0.39 is 60.0 Å². The molecule has 14 nitrogen and oxygen atoms in total. The van der Waals surface area contributed by atoms with Gasteiger partial charge in [-0.3, -0.25) is 19.2 Å². The van der Waals surface area contributed by atoms with Crippen LogP contribution in [-0.2, 0) is 28.8 Å². The fourth-order valence-corrected chi connectivity index (χ4v) is 5.12. The average molecular weight is 715 g/mol.